The van der Waals surface area contributed by atoms with Gasteiger partial charge in [-0.3, -0.25) is 9.78 Å². The summed E-state index contributed by atoms with van der Waals surface area (Å²) in [5.41, 5.74) is -1.49. The lowest BCUT2D eigenvalue weighted by molar-refractivity contribution is -0.141. The van der Waals surface area contributed by atoms with Gasteiger partial charge in [0.1, 0.15) is 11.5 Å². The van der Waals surface area contributed by atoms with Crippen LogP contribution in [0, 0.1) is 11.2 Å². The van der Waals surface area contributed by atoms with E-state index in [0.29, 0.717) is 18.5 Å². The van der Waals surface area contributed by atoms with Gasteiger partial charge in [-0.15, -0.1) is 0 Å². The number of halogens is 4. The Hall–Kier alpha value is -2.64. The summed E-state index contributed by atoms with van der Waals surface area (Å²) >= 11 is 0. The number of aromatic nitrogens is 1. The van der Waals surface area contributed by atoms with Gasteiger partial charge in [-0.2, -0.15) is 13.2 Å². The number of hydrogen-bond acceptors (Lipinski definition) is 3. The van der Waals surface area contributed by atoms with Gasteiger partial charge in [0.2, 0.25) is 5.91 Å². The first-order valence-electron chi connectivity index (χ1n) is 7.63. The lowest BCUT2D eigenvalue weighted by atomic mass is 10.2. The molecule has 1 aromatic heterocycles. The van der Waals surface area contributed by atoms with Crippen molar-refractivity contribution in [1.82, 2.24) is 4.98 Å². The van der Waals surface area contributed by atoms with Crippen LogP contribution in [0.2, 0.25) is 0 Å². The van der Waals surface area contributed by atoms with Crippen LogP contribution in [0.3, 0.4) is 0 Å². The van der Waals surface area contributed by atoms with Crippen LogP contribution in [0.5, 0.6) is 0 Å². The molecule has 2 aliphatic rings. The summed E-state index contributed by atoms with van der Waals surface area (Å²) < 4.78 is 51.3. The molecule has 2 aliphatic carbocycles. The largest absolute Gasteiger partial charge is 0.433 e. The monoisotopic (exact) mass is 351 g/mol. The average Bonchev–Trinajstić information content (AvgIpc) is 3.33. The molecule has 0 unspecified atom stereocenters. The minimum Gasteiger partial charge on any atom is -0.378 e. The third-order valence-electron chi connectivity index (χ3n) is 4.82. The standard InChI is InChI=1S/C17H13F4N3O/c18-10-2-1-3-12(6-10)24-16-8-15(16,9-16)14(25)23-11-4-5-22-13(7-11)17(19,20)21/h1-7,24H,8-9H2,(H,22,23,25). The Balaban J connectivity index is 1.44. The van der Waals surface area contributed by atoms with E-state index in [4.69, 9.17) is 0 Å². The van der Waals surface area contributed by atoms with E-state index >= 15 is 0 Å². The molecule has 2 fully saturated rings. The highest BCUT2D eigenvalue weighted by Crippen LogP contribution is 2.80. The fourth-order valence-electron chi connectivity index (χ4n) is 3.23. The van der Waals surface area contributed by atoms with Crippen molar-refractivity contribution >= 4 is 17.3 Å². The maximum Gasteiger partial charge on any atom is 0.433 e. The Labute approximate surface area is 140 Å². The Bertz CT molecular complexity index is 859. The minimum absolute atomic E-state index is 0.0557. The summed E-state index contributed by atoms with van der Waals surface area (Å²) in [6, 6.07) is 8.06. The number of carbonyl (C=O) groups excluding carboxylic acids is 1. The van der Waals surface area contributed by atoms with E-state index in [9.17, 15) is 22.4 Å². The maximum absolute atomic E-state index is 13.2. The van der Waals surface area contributed by atoms with Crippen molar-refractivity contribution < 1.29 is 22.4 Å². The van der Waals surface area contributed by atoms with Gasteiger partial charge in [-0.25, -0.2) is 4.39 Å². The Morgan fingerprint density at radius 2 is 1.88 bits per heavy atom. The van der Waals surface area contributed by atoms with E-state index in [1.54, 1.807) is 12.1 Å². The molecule has 2 N–H and O–H groups in total. The number of amides is 1. The van der Waals surface area contributed by atoms with Gasteiger partial charge in [-0.05, 0) is 43.2 Å². The topological polar surface area (TPSA) is 54.0 Å². The first-order valence-corrected chi connectivity index (χ1v) is 7.63. The van der Waals surface area contributed by atoms with Crippen LogP contribution in [0.15, 0.2) is 42.6 Å². The van der Waals surface area contributed by atoms with Crippen LogP contribution in [0.4, 0.5) is 28.9 Å². The van der Waals surface area contributed by atoms with Crippen molar-refractivity contribution in [1.29, 1.82) is 0 Å². The molecule has 0 radical (unpaired) electrons. The summed E-state index contributed by atoms with van der Waals surface area (Å²) in [5, 5.41) is 5.68. The zero-order chi connectivity index (χ0) is 17.9. The number of nitrogens with one attached hydrogen (secondary N) is 2. The highest BCUT2D eigenvalue weighted by Gasteiger charge is 2.87. The number of hydrogen-bond donors (Lipinski definition) is 2. The Morgan fingerprint density at radius 3 is 2.56 bits per heavy atom. The minimum atomic E-state index is -4.57. The van der Waals surface area contributed by atoms with Crippen LogP contribution in [0.1, 0.15) is 18.5 Å². The van der Waals surface area contributed by atoms with Crippen molar-refractivity contribution in [2.24, 2.45) is 5.41 Å². The second-order valence-electron chi connectivity index (χ2n) is 6.53. The molecule has 0 bridgehead atoms. The van der Waals surface area contributed by atoms with Crippen LogP contribution in [-0.4, -0.2) is 16.4 Å². The zero-order valence-corrected chi connectivity index (χ0v) is 12.8. The highest BCUT2D eigenvalue weighted by atomic mass is 19.4. The maximum atomic E-state index is 13.2. The highest BCUT2D eigenvalue weighted by molar-refractivity contribution is 6.04. The molecular weight excluding hydrogens is 338 g/mol. The summed E-state index contributed by atoms with van der Waals surface area (Å²) in [5.74, 6) is -0.718. The van der Waals surface area contributed by atoms with Crippen molar-refractivity contribution in [3.8, 4) is 0 Å². The number of fused-ring (bicyclic) bond motifs is 1. The van der Waals surface area contributed by atoms with Gasteiger partial charge in [0.05, 0.1) is 11.0 Å². The fourth-order valence-corrected chi connectivity index (χ4v) is 3.23. The first kappa shape index (κ1) is 15.9. The molecule has 25 heavy (non-hydrogen) atoms. The number of alkyl halides is 3. The van der Waals surface area contributed by atoms with Crippen molar-refractivity contribution in [2.45, 2.75) is 24.6 Å². The molecule has 2 saturated carbocycles. The van der Waals surface area contributed by atoms with E-state index in [0.717, 1.165) is 12.3 Å². The number of anilines is 2. The Kier molecular flexibility index (Phi) is 3.13. The van der Waals surface area contributed by atoms with E-state index < -0.39 is 22.8 Å². The molecule has 0 atom stereocenters. The van der Waals surface area contributed by atoms with Gasteiger partial charge in [0.15, 0.2) is 0 Å². The van der Waals surface area contributed by atoms with Gasteiger partial charge in [-0.1, -0.05) is 6.07 Å². The Morgan fingerprint density at radius 1 is 1.12 bits per heavy atom. The molecular formula is C17H13F4N3O. The summed E-state index contributed by atoms with van der Waals surface area (Å²) in [6.07, 6.45) is -2.42. The van der Waals surface area contributed by atoms with E-state index in [1.807, 2.05) is 0 Å². The molecule has 0 spiro atoms. The molecule has 0 saturated heterocycles. The molecule has 0 aliphatic heterocycles. The SMILES string of the molecule is O=C(Nc1ccnc(C(F)(F)F)c1)C12CC1(Nc1cccc(F)c1)C2. The lowest BCUT2D eigenvalue weighted by Gasteiger charge is -2.09. The predicted octanol–water partition coefficient (Wildman–Crippen LogP) is 3.82. The van der Waals surface area contributed by atoms with Crippen LogP contribution in [-0.2, 0) is 11.0 Å². The first-order chi connectivity index (χ1) is 11.7. The fraction of sp³-hybridized carbons (Fsp3) is 0.294. The molecule has 1 amide bonds. The third-order valence-corrected chi connectivity index (χ3v) is 4.82. The number of rotatable bonds is 4. The van der Waals surface area contributed by atoms with Gasteiger partial charge in [0, 0.05) is 17.6 Å². The smallest absolute Gasteiger partial charge is 0.378 e. The number of carbonyl (C=O) groups is 1. The number of pyridine rings is 1. The summed E-state index contributed by atoms with van der Waals surface area (Å²) in [7, 11) is 0. The molecule has 4 nitrogen and oxygen atoms in total. The normalized spacial score (nSPS) is 26.6. The zero-order valence-electron chi connectivity index (χ0n) is 12.8. The van der Waals surface area contributed by atoms with Crippen LogP contribution in [0.25, 0.3) is 0 Å². The molecule has 1 heterocycles. The molecule has 2 aromatic rings. The second kappa shape index (κ2) is 4.93. The van der Waals surface area contributed by atoms with E-state index in [-0.39, 0.29) is 17.4 Å². The van der Waals surface area contributed by atoms with E-state index in [1.165, 1.54) is 18.2 Å². The number of benzene rings is 1. The summed E-state index contributed by atoms with van der Waals surface area (Å²) in [6.45, 7) is 0. The third kappa shape index (κ3) is 2.61. The molecule has 130 valence electrons. The van der Waals surface area contributed by atoms with Crippen LogP contribution < -0.4 is 10.6 Å². The van der Waals surface area contributed by atoms with Crippen LogP contribution >= 0.6 is 0 Å². The van der Waals surface area contributed by atoms with Crippen molar-refractivity contribution in [3.63, 3.8) is 0 Å². The predicted molar refractivity (Wildman–Crippen MR) is 82.3 cm³/mol. The molecule has 4 rings (SSSR count). The lowest BCUT2D eigenvalue weighted by Crippen LogP contribution is -2.19. The van der Waals surface area contributed by atoms with Gasteiger partial charge >= 0.3 is 6.18 Å². The van der Waals surface area contributed by atoms with Crippen molar-refractivity contribution in [3.05, 3.63) is 54.1 Å². The molecule has 1 aromatic carbocycles. The summed E-state index contributed by atoms with van der Waals surface area (Å²) in [4.78, 5) is 15.7. The number of nitrogens with zero attached hydrogens (tertiary/aromatic N) is 1. The van der Waals surface area contributed by atoms with Crippen molar-refractivity contribution in [2.75, 3.05) is 10.6 Å². The molecule has 8 heteroatoms. The second-order valence-corrected chi connectivity index (χ2v) is 6.53. The van der Waals surface area contributed by atoms with Gasteiger partial charge < -0.3 is 10.6 Å². The average molecular weight is 351 g/mol. The van der Waals surface area contributed by atoms with E-state index in [2.05, 4.69) is 15.6 Å². The quantitative estimate of drug-likeness (QED) is 0.824. The van der Waals surface area contributed by atoms with Gasteiger partial charge in [0.25, 0.3) is 0 Å².